The molecule has 0 fully saturated rings. The maximum atomic E-state index is 10.6. The van der Waals surface area contributed by atoms with E-state index in [0.29, 0.717) is 16.7 Å². The van der Waals surface area contributed by atoms with Crippen LogP contribution in [0.4, 0.5) is 0 Å². The molecule has 0 atom stereocenters. The van der Waals surface area contributed by atoms with Gasteiger partial charge in [0.05, 0.1) is 62.7 Å². The predicted molar refractivity (Wildman–Crippen MR) is 200 cm³/mol. The third-order valence-electron chi connectivity index (χ3n) is 9.62. The summed E-state index contributed by atoms with van der Waals surface area (Å²) in [5.74, 6) is 0. The molecule has 9 aromatic rings. The largest absolute Gasteiger partial charge is 0.309 e. The van der Waals surface area contributed by atoms with Crippen LogP contribution in [0.25, 0.3) is 77.2 Å². The van der Waals surface area contributed by atoms with Crippen molar-refractivity contribution in [3.63, 3.8) is 0 Å². The van der Waals surface area contributed by atoms with Crippen molar-refractivity contribution in [3.8, 4) is 51.8 Å². The number of nitrogens with zero attached hydrogens (tertiary/aromatic N) is 5. The third-order valence-corrected chi connectivity index (χ3v) is 9.62. The molecule has 50 heavy (non-hydrogen) atoms. The van der Waals surface area contributed by atoms with Crippen LogP contribution in [0.3, 0.4) is 0 Å². The van der Waals surface area contributed by atoms with Crippen LogP contribution in [0.5, 0.6) is 0 Å². The van der Waals surface area contributed by atoms with Gasteiger partial charge in [0.1, 0.15) is 0 Å². The molecule has 7 aromatic carbocycles. The highest BCUT2D eigenvalue weighted by atomic mass is 15.0. The minimum atomic E-state index is 0.520. The quantitative estimate of drug-likeness (QED) is 0.193. The second-order valence-corrected chi connectivity index (χ2v) is 12.3. The standard InChI is InChI=1S/C45H25N5/c46-26-29-19-21-37(38(23-29)31-9-7-11-33(25-31)49-40-15-4-1-12-34(40)35-13-2-5-16-41(35)49)45-32(28-48)10-8-18-44(45)50-42-17-6-3-14-36(42)39-24-30(27-47)20-22-43(39)50/h1-25H. The van der Waals surface area contributed by atoms with Crippen LogP contribution in [-0.4, -0.2) is 9.13 Å². The van der Waals surface area contributed by atoms with Crippen LogP contribution in [0.2, 0.25) is 0 Å². The molecular formula is C45H25N5. The first-order valence-electron chi connectivity index (χ1n) is 16.3. The molecule has 0 bridgehead atoms. The van der Waals surface area contributed by atoms with E-state index < -0.39 is 0 Å². The molecule has 9 rings (SSSR count). The smallest absolute Gasteiger partial charge is 0.0998 e. The van der Waals surface area contributed by atoms with E-state index in [2.05, 4.69) is 106 Å². The summed E-state index contributed by atoms with van der Waals surface area (Å²) < 4.78 is 4.46. The molecule has 0 saturated heterocycles. The lowest BCUT2D eigenvalue weighted by molar-refractivity contribution is 1.18. The summed E-state index contributed by atoms with van der Waals surface area (Å²) >= 11 is 0. The lowest BCUT2D eigenvalue weighted by Crippen LogP contribution is -2.01. The monoisotopic (exact) mass is 635 g/mol. The Morgan fingerprint density at radius 3 is 1.66 bits per heavy atom. The Bertz CT molecular complexity index is 2920. The average molecular weight is 636 g/mol. The predicted octanol–water partition coefficient (Wildman–Crippen LogP) is 10.8. The molecule has 0 saturated carbocycles. The number of hydrogen-bond acceptors (Lipinski definition) is 3. The van der Waals surface area contributed by atoms with E-state index in [0.717, 1.165) is 66.5 Å². The van der Waals surface area contributed by atoms with Crippen molar-refractivity contribution in [2.24, 2.45) is 0 Å². The normalized spacial score (nSPS) is 11.1. The Morgan fingerprint density at radius 2 is 0.980 bits per heavy atom. The first-order valence-corrected chi connectivity index (χ1v) is 16.3. The minimum Gasteiger partial charge on any atom is -0.309 e. The molecule has 0 unspecified atom stereocenters. The van der Waals surface area contributed by atoms with Gasteiger partial charge in [-0.2, -0.15) is 15.8 Å². The van der Waals surface area contributed by atoms with E-state index in [1.54, 1.807) is 0 Å². The second kappa shape index (κ2) is 11.4. The highest BCUT2D eigenvalue weighted by Gasteiger charge is 2.21. The van der Waals surface area contributed by atoms with Crippen LogP contribution in [0.15, 0.2) is 152 Å². The fourth-order valence-electron chi connectivity index (χ4n) is 7.49. The second-order valence-electron chi connectivity index (χ2n) is 12.3. The summed E-state index contributed by atoms with van der Waals surface area (Å²) in [4.78, 5) is 0. The number of rotatable bonds is 4. The van der Waals surface area contributed by atoms with Gasteiger partial charge in [0, 0.05) is 32.8 Å². The number of hydrogen-bond donors (Lipinski definition) is 0. The van der Waals surface area contributed by atoms with Gasteiger partial charge in [0.2, 0.25) is 0 Å². The highest BCUT2D eigenvalue weighted by molar-refractivity contribution is 6.11. The number of para-hydroxylation sites is 3. The average Bonchev–Trinajstić information content (AvgIpc) is 3.70. The molecule has 0 radical (unpaired) electrons. The molecule has 0 aliphatic rings. The Kier molecular flexibility index (Phi) is 6.56. The summed E-state index contributed by atoms with van der Waals surface area (Å²) in [6, 6.07) is 57.7. The van der Waals surface area contributed by atoms with Gasteiger partial charge in [0.15, 0.2) is 0 Å². The Labute approximate surface area is 287 Å². The number of nitriles is 3. The molecule has 0 amide bonds. The fraction of sp³-hybridized carbons (Fsp3) is 0. The lowest BCUT2D eigenvalue weighted by Gasteiger charge is -2.19. The molecule has 230 valence electrons. The summed E-state index contributed by atoms with van der Waals surface area (Å²) in [6.07, 6.45) is 0. The molecule has 5 nitrogen and oxygen atoms in total. The molecule has 2 aromatic heterocycles. The van der Waals surface area contributed by atoms with E-state index >= 15 is 0 Å². The first-order chi connectivity index (χ1) is 24.7. The maximum Gasteiger partial charge on any atom is 0.0998 e. The van der Waals surface area contributed by atoms with Crippen molar-refractivity contribution in [1.29, 1.82) is 15.8 Å². The van der Waals surface area contributed by atoms with Gasteiger partial charge in [0.25, 0.3) is 0 Å². The summed E-state index contributed by atoms with van der Waals surface area (Å²) in [7, 11) is 0. The van der Waals surface area contributed by atoms with Gasteiger partial charge in [-0.15, -0.1) is 0 Å². The van der Waals surface area contributed by atoms with Crippen LogP contribution in [0, 0.1) is 34.0 Å². The van der Waals surface area contributed by atoms with E-state index in [-0.39, 0.29) is 0 Å². The van der Waals surface area contributed by atoms with Gasteiger partial charge in [-0.3, -0.25) is 0 Å². The van der Waals surface area contributed by atoms with Crippen molar-refractivity contribution >= 4 is 43.6 Å². The van der Waals surface area contributed by atoms with Crippen molar-refractivity contribution in [2.75, 3.05) is 0 Å². The van der Waals surface area contributed by atoms with Gasteiger partial charge < -0.3 is 9.13 Å². The van der Waals surface area contributed by atoms with Crippen LogP contribution < -0.4 is 0 Å². The Hall–Kier alpha value is -7.39. The number of fused-ring (bicyclic) bond motifs is 6. The van der Waals surface area contributed by atoms with Crippen molar-refractivity contribution in [1.82, 2.24) is 9.13 Å². The zero-order valence-corrected chi connectivity index (χ0v) is 26.7. The van der Waals surface area contributed by atoms with Crippen LogP contribution in [-0.2, 0) is 0 Å². The molecule has 0 spiro atoms. The van der Waals surface area contributed by atoms with Gasteiger partial charge in [-0.1, -0.05) is 78.9 Å². The molecule has 5 heteroatoms. The molecule has 2 heterocycles. The van der Waals surface area contributed by atoms with Crippen molar-refractivity contribution in [3.05, 3.63) is 168 Å². The molecule has 0 N–H and O–H groups in total. The van der Waals surface area contributed by atoms with E-state index in [4.69, 9.17) is 0 Å². The Balaban J connectivity index is 1.33. The van der Waals surface area contributed by atoms with Gasteiger partial charge in [-0.05, 0) is 89.5 Å². The van der Waals surface area contributed by atoms with Crippen molar-refractivity contribution < 1.29 is 0 Å². The maximum absolute atomic E-state index is 10.6. The van der Waals surface area contributed by atoms with Gasteiger partial charge >= 0.3 is 0 Å². The third kappa shape index (κ3) is 4.31. The molecular weight excluding hydrogens is 611 g/mol. The highest BCUT2D eigenvalue weighted by Crippen LogP contribution is 2.42. The van der Waals surface area contributed by atoms with Crippen LogP contribution >= 0.6 is 0 Å². The summed E-state index contributed by atoms with van der Waals surface area (Å²) in [5.41, 5.74) is 11.0. The molecule has 0 aliphatic carbocycles. The summed E-state index contributed by atoms with van der Waals surface area (Å²) in [5, 5.41) is 34.7. The SMILES string of the molecule is N#Cc1ccc(-c2c(C#N)cccc2-n2c3ccccc3c3cc(C#N)ccc32)c(-c2cccc(-n3c4ccccc4c4ccccc43)c2)c1. The number of aromatic nitrogens is 2. The van der Waals surface area contributed by atoms with Gasteiger partial charge in [-0.25, -0.2) is 0 Å². The zero-order chi connectivity index (χ0) is 33.8. The van der Waals surface area contributed by atoms with E-state index in [1.807, 2.05) is 72.8 Å². The van der Waals surface area contributed by atoms with E-state index in [1.165, 1.54) is 10.8 Å². The Morgan fingerprint density at radius 1 is 0.400 bits per heavy atom. The zero-order valence-electron chi connectivity index (χ0n) is 26.7. The minimum absolute atomic E-state index is 0.520. The molecule has 0 aliphatic heterocycles. The summed E-state index contributed by atoms with van der Waals surface area (Å²) in [6.45, 7) is 0. The van der Waals surface area contributed by atoms with Crippen LogP contribution in [0.1, 0.15) is 16.7 Å². The van der Waals surface area contributed by atoms with E-state index in [9.17, 15) is 15.8 Å². The topological polar surface area (TPSA) is 81.2 Å². The van der Waals surface area contributed by atoms with Crippen molar-refractivity contribution in [2.45, 2.75) is 0 Å². The number of benzene rings is 7. The fourth-order valence-corrected chi connectivity index (χ4v) is 7.49. The lowest BCUT2D eigenvalue weighted by atomic mass is 9.89. The first kappa shape index (κ1) is 28.8.